The molecule has 7 nitrogen and oxygen atoms in total. The maximum atomic E-state index is 5.76. The van der Waals surface area contributed by atoms with E-state index in [-0.39, 0.29) is 0 Å². The van der Waals surface area contributed by atoms with E-state index in [4.69, 9.17) is 14.2 Å². The molecule has 0 saturated heterocycles. The van der Waals surface area contributed by atoms with E-state index in [9.17, 15) is 0 Å². The zero-order valence-electron chi connectivity index (χ0n) is 17.5. The molecule has 0 aliphatic carbocycles. The molecule has 0 atom stereocenters. The van der Waals surface area contributed by atoms with Gasteiger partial charge in [-0.15, -0.1) is 0 Å². The van der Waals surface area contributed by atoms with Crippen LogP contribution in [0.1, 0.15) is 22.8 Å². The first-order chi connectivity index (χ1) is 14.5. The number of hydrogen-bond acceptors (Lipinski definition) is 6. The van der Waals surface area contributed by atoms with Gasteiger partial charge in [-0.25, -0.2) is 9.97 Å². The van der Waals surface area contributed by atoms with Gasteiger partial charge < -0.3 is 14.2 Å². The summed E-state index contributed by atoms with van der Waals surface area (Å²) in [7, 11) is 1.67. The number of methoxy groups -OCH3 is 1. The van der Waals surface area contributed by atoms with Crippen molar-refractivity contribution in [3.63, 3.8) is 0 Å². The van der Waals surface area contributed by atoms with Gasteiger partial charge in [-0.3, -0.25) is 4.98 Å². The molecular weight excluding hydrogens is 378 g/mol. The van der Waals surface area contributed by atoms with Gasteiger partial charge in [0.2, 0.25) is 0 Å². The maximum absolute atomic E-state index is 5.76. The molecule has 0 aliphatic rings. The number of aromatic nitrogens is 5. The first-order valence-corrected chi connectivity index (χ1v) is 9.70. The summed E-state index contributed by atoms with van der Waals surface area (Å²) >= 11 is 0. The third kappa shape index (κ3) is 2.66. The Morgan fingerprint density at radius 3 is 2.57 bits per heavy atom. The molecule has 5 rings (SSSR count). The molecule has 0 spiro atoms. The topological polar surface area (TPSA) is 89.7 Å². The molecule has 0 radical (unpaired) electrons. The van der Waals surface area contributed by atoms with Crippen LogP contribution >= 0.6 is 0 Å². The Morgan fingerprint density at radius 1 is 1.03 bits per heavy atom. The Labute approximate surface area is 173 Å². The summed E-state index contributed by atoms with van der Waals surface area (Å²) in [5.74, 6) is 2.21. The number of aryl methyl sites for hydroxylation is 4. The number of H-pyrrole nitrogens is 1. The van der Waals surface area contributed by atoms with Crippen molar-refractivity contribution in [2.75, 3.05) is 7.11 Å². The zero-order chi connectivity index (χ0) is 21.0. The predicted molar refractivity (Wildman–Crippen MR) is 116 cm³/mol. The number of fused-ring (bicyclic) bond motifs is 3. The highest BCUT2D eigenvalue weighted by Gasteiger charge is 2.21. The van der Waals surface area contributed by atoms with Crippen molar-refractivity contribution >= 4 is 21.9 Å². The van der Waals surface area contributed by atoms with Crippen LogP contribution in [0.15, 0.2) is 35.1 Å². The molecule has 1 aromatic carbocycles. The minimum atomic E-state index is 0.707. The molecule has 0 fully saturated rings. The van der Waals surface area contributed by atoms with Gasteiger partial charge in [0.1, 0.15) is 23.0 Å². The van der Waals surface area contributed by atoms with Gasteiger partial charge >= 0.3 is 0 Å². The molecule has 0 saturated carbocycles. The minimum absolute atomic E-state index is 0.707. The summed E-state index contributed by atoms with van der Waals surface area (Å²) < 4.78 is 11.1. The van der Waals surface area contributed by atoms with E-state index < -0.39 is 0 Å². The second kappa shape index (κ2) is 6.66. The molecule has 150 valence electrons. The smallest absolute Gasteiger partial charge is 0.142 e. The number of benzene rings is 1. The average molecular weight is 399 g/mol. The van der Waals surface area contributed by atoms with Gasteiger partial charge in [-0.1, -0.05) is 5.16 Å². The quantitative estimate of drug-likeness (QED) is 0.455. The van der Waals surface area contributed by atoms with Crippen LogP contribution in [0.3, 0.4) is 0 Å². The van der Waals surface area contributed by atoms with Crippen molar-refractivity contribution in [3.8, 4) is 28.1 Å². The Kier molecular flexibility index (Phi) is 4.06. The molecular formula is C23H21N5O2. The van der Waals surface area contributed by atoms with Crippen LogP contribution in [0.4, 0.5) is 0 Å². The lowest BCUT2D eigenvalue weighted by atomic mass is 9.99. The Bertz CT molecular complexity index is 1410. The summed E-state index contributed by atoms with van der Waals surface area (Å²) in [5.41, 5.74) is 7.43. The molecule has 4 heterocycles. The Hall–Kier alpha value is -3.74. The number of nitrogens with one attached hydrogen (secondary N) is 1. The highest BCUT2D eigenvalue weighted by molar-refractivity contribution is 6.13. The van der Waals surface area contributed by atoms with E-state index in [1.54, 1.807) is 13.3 Å². The maximum Gasteiger partial charge on any atom is 0.142 e. The van der Waals surface area contributed by atoms with Gasteiger partial charge in [-0.2, -0.15) is 0 Å². The van der Waals surface area contributed by atoms with Gasteiger partial charge in [0.05, 0.1) is 29.4 Å². The first kappa shape index (κ1) is 18.3. The van der Waals surface area contributed by atoms with Gasteiger partial charge in [0.25, 0.3) is 0 Å². The number of nitrogens with zero attached hydrogens (tertiary/aromatic N) is 4. The molecule has 5 aromatic rings. The van der Waals surface area contributed by atoms with E-state index >= 15 is 0 Å². The van der Waals surface area contributed by atoms with Gasteiger partial charge in [-0.05, 0) is 51.5 Å². The predicted octanol–water partition coefficient (Wildman–Crippen LogP) is 5.07. The standard InChI is InChI=1S/C23H21N5O2/c1-11-10-24-7-6-15(11)22-21-16-9-19(29-5)17(20-12(2)28-30-13(20)3)8-18(16)27-23(21)26-14(4)25-22/h6-10H,1-5H3,(H,25,26,27). The van der Waals surface area contributed by atoms with Crippen LogP contribution < -0.4 is 4.74 Å². The zero-order valence-corrected chi connectivity index (χ0v) is 17.5. The van der Waals surface area contributed by atoms with Crippen LogP contribution in [0.2, 0.25) is 0 Å². The van der Waals surface area contributed by atoms with Gasteiger partial charge in [0, 0.05) is 34.4 Å². The summed E-state index contributed by atoms with van der Waals surface area (Å²) in [4.78, 5) is 17.1. The molecule has 4 aromatic heterocycles. The van der Waals surface area contributed by atoms with Crippen molar-refractivity contribution in [3.05, 3.63) is 53.4 Å². The van der Waals surface area contributed by atoms with Crippen LogP contribution in [-0.2, 0) is 0 Å². The average Bonchev–Trinajstić information content (AvgIpc) is 3.25. The van der Waals surface area contributed by atoms with Crippen molar-refractivity contribution in [1.29, 1.82) is 0 Å². The highest BCUT2D eigenvalue weighted by atomic mass is 16.5. The lowest BCUT2D eigenvalue weighted by molar-refractivity contribution is 0.393. The van der Waals surface area contributed by atoms with Crippen LogP contribution in [0.5, 0.6) is 5.75 Å². The van der Waals surface area contributed by atoms with E-state index in [0.29, 0.717) is 5.82 Å². The first-order valence-electron chi connectivity index (χ1n) is 9.70. The Morgan fingerprint density at radius 2 is 1.87 bits per heavy atom. The normalized spacial score (nSPS) is 11.5. The molecule has 1 N–H and O–H groups in total. The van der Waals surface area contributed by atoms with E-state index in [2.05, 4.69) is 26.2 Å². The summed E-state index contributed by atoms with van der Waals surface area (Å²) in [6.07, 6.45) is 3.64. The lowest BCUT2D eigenvalue weighted by Crippen LogP contribution is -1.95. The third-order valence-corrected chi connectivity index (χ3v) is 5.46. The van der Waals surface area contributed by atoms with Crippen molar-refractivity contribution in [1.82, 2.24) is 25.1 Å². The molecule has 0 amide bonds. The number of hydrogen-bond donors (Lipinski definition) is 1. The van der Waals surface area contributed by atoms with Crippen molar-refractivity contribution < 1.29 is 9.26 Å². The van der Waals surface area contributed by atoms with Crippen LogP contribution in [0, 0.1) is 27.7 Å². The van der Waals surface area contributed by atoms with E-state index in [0.717, 1.165) is 67.1 Å². The summed E-state index contributed by atoms with van der Waals surface area (Å²) in [6.45, 7) is 7.78. The van der Waals surface area contributed by atoms with Crippen LogP contribution in [-0.4, -0.2) is 32.2 Å². The molecule has 0 aliphatic heterocycles. The number of pyridine rings is 1. The number of ether oxygens (including phenoxy) is 1. The largest absolute Gasteiger partial charge is 0.496 e. The molecule has 0 unspecified atom stereocenters. The lowest BCUT2D eigenvalue weighted by Gasteiger charge is -2.10. The second-order valence-electron chi connectivity index (χ2n) is 7.46. The fourth-order valence-electron chi connectivity index (χ4n) is 4.10. The summed E-state index contributed by atoms with van der Waals surface area (Å²) in [6, 6.07) is 6.10. The molecule has 7 heteroatoms. The Balaban J connectivity index is 1.88. The number of aromatic amines is 1. The molecule has 0 bridgehead atoms. The molecule has 30 heavy (non-hydrogen) atoms. The fraction of sp³-hybridized carbons (Fsp3) is 0.217. The van der Waals surface area contributed by atoms with Crippen LogP contribution in [0.25, 0.3) is 44.3 Å². The van der Waals surface area contributed by atoms with Gasteiger partial charge in [0.15, 0.2) is 0 Å². The highest BCUT2D eigenvalue weighted by Crippen LogP contribution is 2.41. The van der Waals surface area contributed by atoms with Crippen molar-refractivity contribution in [2.24, 2.45) is 0 Å². The van der Waals surface area contributed by atoms with E-state index in [1.807, 2.05) is 46.0 Å². The van der Waals surface area contributed by atoms with Crippen molar-refractivity contribution in [2.45, 2.75) is 27.7 Å². The summed E-state index contributed by atoms with van der Waals surface area (Å²) in [5, 5.41) is 6.07. The SMILES string of the molecule is COc1cc2c(cc1-c1c(C)noc1C)[nH]c1nc(C)nc(-c3ccncc3C)c12. The van der Waals surface area contributed by atoms with E-state index in [1.165, 1.54) is 0 Å². The minimum Gasteiger partial charge on any atom is -0.496 e. The monoisotopic (exact) mass is 399 g/mol. The third-order valence-electron chi connectivity index (χ3n) is 5.46. The number of rotatable bonds is 3. The fourth-order valence-corrected chi connectivity index (χ4v) is 4.10. The second-order valence-corrected chi connectivity index (χ2v) is 7.46.